The molecule has 0 saturated carbocycles. The summed E-state index contributed by atoms with van der Waals surface area (Å²) in [4.78, 5) is 4.66. The molecule has 0 amide bonds. The van der Waals surface area contributed by atoms with E-state index in [4.69, 9.17) is 14.0 Å². The SMILES string of the molecule is COc1cccc(Cc2nc(-c3ccc(S(=O)(=O)N4CCOCC4)cc3)no2)c1. The van der Waals surface area contributed by atoms with E-state index in [0.717, 1.165) is 11.3 Å². The second-order valence-electron chi connectivity index (χ2n) is 6.58. The summed E-state index contributed by atoms with van der Waals surface area (Å²) < 4.78 is 42.6. The van der Waals surface area contributed by atoms with Crippen molar-refractivity contribution in [3.63, 3.8) is 0 Å². The molecular formula is C20H21N3O5S. The monoisotopic (exact) mass is 415 g/mol. The molecule has 4 rings (SSSR count). The highest BCUT2D eigenvalue weighted by Gasteiger charge is 2.26. The van der Waals surface area contributed by atoms with Crippen molar-refractivity contribution in [3.05, 3.63) is 60.0 Å². The van der Waals surface area contributed by atoms with Crippen LogP contribution in [-0.4, -0.2) is 56.3 Å². The van der Waals surface area contributed by atoms with Crippen molar-refractivity contribution in [3.8, 4) is 17.1 Å². The number of nitrogens with zero attached hydrogens (tertiary/aromatic N) is 3. The van der Waals surface area contributed by atoms with Crippen LogP contribution in [0.25, 0.3) is 11.4 Å². The number of sulfonamides is 1. The van der Waals surface area contributed by atoms with Gasteiger partial charge in [-0.3, -0.25) is 0 Å². The van der Waals surface area contributed by atoms with Crippen LogP contribution in [0, 0.1) is 0 Å². The fourth-order valence-corrected chi connectivity index (χ4v) is 4.52. The van der Waals surface area contributed by atoms with E-state index in [2.05, 4.69) is 10.1 Å². The van der Waals surface area contributed by atoms with Crippen LogP contribution in [0.5, 0.6) is 5.75 Å². The van der Waals surface area contributed by atoms with E-state index in [-0.39, 0.29) is 4.90 Å². The van der Waals surface area contributed by atoms with E-state index in [1.807, 2.05) is 24.3 Å². The summed E-state index contributed by atoms with van der Waals surface area (Å²) in [6.45, 7) is 1.55. The number of benzene rings is 2. The van der Waals surface area contributed by atoms with Gasteiger partial charge in [0.2, 0.25) is 21.7 Å². The third-order valence-corrected chi connectivity index (χ3v) is 6.59. The first-order chi connectivity index (χ1) is 14.1. The molecule has 0 aliphatic carbocycles. The maximum atomic E-state index is 12.7. The van der Waals surface area contributed by atoms with Crippen molar-refractivity contribution >= 4 is 10.0 Å². The average molecular weight is 415 g/mol. The predicted octanol–water partition coefficient (Wildman–Crippen LogP) is 2.36. The van der Waals surface area contributed by atoms with Gasteiger partial charge in [-0.1, -0.05) is 17.3 Å². The van der Waals surface area contributed by atoms with Gasteiger partial charge in [-0.25, -0.2) is 8.42 Å². The zero-order valence-corrected chi connectivity index (χ0v) is 16.8. The van der Waals surface area contributed by atoms with Gasteiger partial charge in [-0.2, -0.15) is 9.29 Å². The lowest BCUT2D eigenvalue weighted by molar-refractivity contribution is 0.0730. The second kappa shape index (κ2) is 8.32. The molecule has 1 aliphatic rings. The van der Waals surface area contributed by atoms with Gasteiger partial charge in [0.1, 0.15) is 5.75 Å². The van der Waals surface area contributed by atoms with Gasteiger partial charge in [-0.15, -0.1) is 0 Å². The van der Waals surface area contributed by atoms with Crippen LogP contribution in [0.3, 0.4) is 0 Å². The molecule has 0 spiro atoms. The zero-order chi connectivity index (χ0) is 20.3. The number of morpholine rings is 1. The molecule has 0 atom stereocenters. The molecule has 1 aromatic heterocycles. The van der Waals surface area contributed by atoms with E-state index in [9.17, 15) is 8.42 Å². The Bertz CT molecular complexity index is 1070. The van der Waals surface area contributed by atoms with Crippen molar-refractivity contribution in [2.75, 3.05) is 33.4 Å². The first kappa shape index (κ1) is 19.6. The van der Waals surface area contributed by atoms with E-state index < -0.39 is 10.0 Å². The molecule has 3 aromatic rings. The Labute approximate surface area is 169 Å². The van der Waals surface area contributed by atoms with E-state index in [0.29, 0.717) is 50.0 Å². The van der Waals surface area contributed by atoms with Gasteiger partial charge in [0.25, 0.3) is 0 Å². The largest absolute Gasteiger partial charge is 0.497 e. The third kappa shape index (κ3) is 4.31. The molecule has 0 unspecified atom stereocenters. The summed E-state index contributed by atoms with van der Waals surface area (Å²) in [5.74, 6) is 1.65. The molecule has 2 heterocycles. The number of aromatic nitrogens is 2. The summed E-state index contributed by atoms with van der Waals surface area (Å²) in [5, 5.41) is 4.01. The molecule has 1 saturated heterocycles. The Morgan fingerprint density at radius 1 is 1.10 bits per heavy atom. The van der Waals surface area contributed by atoms with Crippen LogP contribution in [0.4, 0.5) is 0 Å². The van der Waals surface area contributed by atoms with Gasteiger partial charge in [-0.05, 0) is 42.0 Å². The molecule has 1 aliphatic heterocycles. The number of methoxy groups -OCH3 is 1. The molecule has 2 aromatic carbocycles. The van der Waals surface area contributed by atoms with Crippen molar-refractivity contribution in [2.24, 2.45) is 0 Å². The molecule has 0 bridgehead atoms. The fourth-order valence-electron chi connectivity index (χ4n) is 3.11. The highest BCUT2D eigenvalue weighted by Crippen LogP contribution is 2.23. The predicted molar refractivity (Wildman–Crippen MR) is 105 cm³/mol. The number of ether oxygens (including phenoxy) is 2. The van der Waals surface area contributed by atoms with Crippen LogP contribution >= 0.6 is 0 Å². The van der Waals surface area contributed by atoms with Crippen LogP contribution in [-0.2, 0) is 21.2 Å². The van der Waals surface area contributed by atoms with Gasteiger partial charge >= 0.3 is 0 Å². The van der Waals surface area contributed by atoms with Crippen molar-refractivity contribution in [2.45, 2.75) is 11.3 Å². The molecule has 0 radical (unpaired) electrons. The molecule has 152 valence electrons. The van der Waals surface area contributed by atoms with Crippen LogP contribution in [0.2, 0.25) is 0 Å². The summed E-state index contributed by atoms with van der Waals surface area (Å²) >= 11 is 0. The first-order valence-electron chi connectivity index (χ1n) is 9.20. The van der Waals surface area contributed by atoms with Crippen LogP contribution < -0.4 is 4.74 Å². The van der Waals surface area contributed by atoms with Crippen LogP contribution in [0.15, 0.2) is 57.9 Å². The molecule has 9 heteroatoms. The fraction of sp³-hybridized carbons (Fsp3) is 0.300. The number of hydrogen-bond acceptors (Lipinski definition) is 7. The molecule has 29 heavy (non-hydrogen) atoms. The van der Waals surface area contributed by atoms with Crippen molar-refractivity contribution < 1.29 is 22.4 Å². The normalized spacial score (nSPS) is 15.3. The Kier molecular flexibility index (Phi) is 5.61. The summed E-state index contributed by atoms with van der Waals surface area (Å²) in [6, 6.07) is 14.2. The Hall–Kier alpha value is -2.75. The lowest BCUT2D eigenvalue weighted by atomic mass is 10.1. The van der Waals surface area contributed by atoms with E-state index in [1.54, 1.807) is 31.4 Å². The zero-order valence-electron chi connectivity index (χ0n) is 15.9. The summed E-state index contributed by atoms with van der Waals surface area (Å²) in [5.41, 5.74) is 1.68. The van der Waals surface area contributed by atoms with Crippen molar-refractivity contribution in [1.29, 1.82) is 0 Å². The standard InChI is InChI=1S/C20H21N3O5S/c1-26-17-4-2-3-15(13-17)14-19-21-20(22-28-19)16-5-7-18(8-6-16)29(24,25)23-9-11-27-12-10-23/h2-8,13H,9-12,14H2,1H3. The highest BCUT2D eigenvalue weighted by atomic mass is 32.2. The molecule has 1 fully saturated rings. The number of hydrogen-bond donors (Lipinski definition) is 0. The van der Waals surface area contributed by atoms with Gasteiger partial charge in [0, 0.05) is 18.7 Å². The van der Waals surface area contributed by atoms with Crippen molar-refractivity contribution in [1.82, 2.24) is 14.4 Å². The Morgan fingerprint density at radius 2 is 1.86 bits per heavy atom. The lowest BCUT2D eigenvalue weighted by Crippen LogP contribution is -2.40. The maximum absolute atomic E-state index is 12.7. The van der Waals surface area contributed by atoms with Gasteiger partial charge in [0.15, 0.2) is 0 Å². The van der Waals surface area contributed by atoms with Gasteiger partial charge < -0.3 is 14.0 Å². The van der Waals surface area contributed by atoms with E-state index >= 15 is 0 Å². The minimum absolute atomic E-state index is 0.239. The maximum Gasteiger partial charge on any atom is 0.243 e. The minimum Gasteiger partial charge on any atom is -0.497 e. The highest BCUT2D eigenvalue weighted by molar-refractivity contribution is 7.89. The lowest BCUT2D eigenvalue weighted by Gasteiger charge is -2.26. The summed E-state index contributed by atoms with van der Waals surface area (Å²) in [7, 11) is -1.91. The smallest absolute Gasteiger partial charge is 0.243 e. The van der Waals surface area contributed by atoms with Crippen LogP contribution in [0.1, 0.15) is 11.5 Å². The quantitative estimate of drug-likeness (QED) is 0.610. The topological polar surface area (TPSA) is 94.8 Å². The third-order valence-electron chi connectivity index (χ3n) is 4.68. The molecule has 0 N–H and O–H groups in total. The van der Waals surface area contributed by atoms with E-state index in [1.165, 1.54) is 4.31 Å². The molecule has 8 nitrogen and oxygen atoms in total. The Morgan fingerprint density at radius 3 is 2.59 bits per heavy atom. The first-order valence-corrected chi connectivity index (χ1v) is 10.6. The number of rotatable bonds is 6. The van der Waals surface area contributed by atoms with Gasteiger partial charge in [0.05, 0.1) is 31.6 Å². The second-order valence-corrected chi connectivity index (χ2v) is 8.52. The molecular weight excluding hydrogens is 394 g/mol. The Balaban J connectivity index is 1.49. The average Bonchev–Trinajstić information content (AvgIpc) is 3.23. The minimum atomic E-state index is -3.53. The summed E-state index contributed by atoms with van der Waals surface area (Å²) in [6.07, 6.45) is 0.480.